The average molecular weight is 275 g/mol. The molecule has 1 unspecified atom stereocenters. The van der Waals surface area contributed by atoms with Gasteiger partial charge in [-0.3, -0.25) is 9.36 Å². The molecule has 0 saturated carbocycles. The third-order valence-corrected chi connectivity index (χ3v) is 2.55. The number of anilines is 1. The van der Waals surface area contributed by atoms with Crippen LogP contribution in [-0.4, -0.2) is 17.6 Å². The van der Waals surface area contributed by atoms with Crippen LogP contribution in [0.25, 0.3) is 0 Å². The van der Waals surface area contributed by atoms with Gasteiger partial charge in [-0.15, -0.1) is 0 Å². The number of methoxy groups -OCH3 is 1. The van der Waals surface area contributed by atoms with E-state index in [1.165, 1.54) is 23.9 Å². The van der Waals surface area contributed by atoms with Crippen LogP contribution in [0.2, 0.25) is 0 Å². The summed E-state index contributed by atoms with van der Waals surface area (Å²) < 4.78 is 6.09. The van der Waals surface area contributed by atoms with E-state index in [0.29, 0.717) is 10.2 Å². The fourth-order valence-electron chi connectivity index (χ4n) is 1.16. The normalized spacial score (nSPS) is 12.2. The largest absolute Gasteiger partial charge is 0.467 e. The lowest BCUT2D eigenvalue weighted by Crippen LogP contribution is -2.29. The van der Waals surface area contributed by atoms with Crippen LogP contribution in [0.15, 0.2) is 21.5 Å². The molecule has 82 valence electrons. The van der Waals surface area contributed by atoms with Crippen LogP contribution < -0.4 is 11.3 Å². The maximum Gasteiger partial charge on any atom is 0.328 e. The maximum atomic E-state index is 11.6. The maximum absolute atomic E-state index is 11.6. The van der Waals surface area contributed by atoms with Crippen molar-refractivity contribution in [3.05, 3.63) is 27.1 Å². The number of nitrogens with two attached hydrogens (primary N) is 1. The predicted octanol–water partition coefficient (Wildman–Crippen LogP) is 0.927. The molecule has 0 spiro atoms. The summed E-state index contributed by atoms with van der Waals surface area (Å²) in [5.41, 5.74) is 5.65. The third kappa shape index (κ3) is 2.38. The third-order valence-electron chi connectivity index (χ3n) is 1.98. The lowest BCUT2D eigenvalue weighted by Gasteiger charge is -2.13. The number of halogens is 1. The molecule has 0 bridgehead atoms. The summed E-state index contributed by atoms with van der Waals surface area (Å²) in [7, 11) is 1.27. The Hall–Kier alpha value is -1.30. The average Bonchev–Trinajstić information content (AvgIpc) is 2.21. The smallest absolute Gasteiger partial charge is 0.328 e. The lowest BCUT2D eigenvalue weighted by molar-refractivity contribution is -0.144. The fourth-order valence-corrected chi connectivity index (χ4v) is 1.63. The molecule has 0 saturated heterocycles. The molecular weight excluding hydrogens is 264 g/mol. The van der Waals surface area contributed by atoms with E-state index in [4.69, 9.17) is 5.73 Å². The standard InChI is InChI=1S/C9H11BrN2O3/c1-5(9(14)15-2)12-4-6(11)3-7(10)8(12)13/h3-5H,11H2,1-2H3. The Kier molecular flexibility index (Phi) is 3.52. The van der Waals surface area contributed by atoms with Gasteiger partial charge in [-0.1, -0.05) is 0 Å². The van der Waals surface area contributed by atoms with Gasteiger partial charge in [0.2, 0.25) is 0 Å². The number of carbonyl (C=O) groups is 1. The molecular formula is C9H11BrN2O3. The van der Waals surface area contributed by atoms with E-state index in [0.717, 1.165) is 0 Å². The number of rotatable bonds is 2. The monoisotopic (exact) mass is 274 g/mol. The van der Waals surface area contributed by atoms with Crippen LogP contribution in [0.4, 0.5) is 5.69 Å². The molecule has 1 aromatic rings. The Labute approximate surface area is 95.0 Å². The van der Waals surface area contributed by atoms with Gasteiger partial charge < -0.3 is 10.5 Å². The highest BCUT2D eigenvalue weighted by atomic mass is 79.9. The number of nitrogen functional groups attached to an aromatic ring is 1. The number of ether oxygens (including phenoxy) is 1. The summed E-state index contributed by atoms with van der Waals surface area (Å²) in [6.07, 6.45) is 1.41. The molecule has 15 heavy (non-hydrogen) atoms. The topological polar surface area (TPSA) is 74.3 Å². The van der Waals surface area contributed by atoms with Crippen molar-refractivity contribution in [2.75, 3.05) is 12.8 Å². The number of hydrogen-bond donors (Lipinski definition) is 1. The van der Waals surface area contributed by atoms with Crippen LogP contribution in [0, 0.1) is 0 Å². The highest BCUT2D eigenvalue weighted by Crippen LogP contribution is 2.12. The second-order valence-corrected chi connectivity index (χ2v) is 3.89. The van der Waals surface area contributed by atoms with E-state index < -0.39 is 12.0 Å². The molecule has 0 radical (unpaired) electrons. The number of hydrogen-bond acceptors (Lipinski definition) is 4. The second-order valence-electron chi connectivity index (χ2n) is 3.03. The molecule has 0 aromatic carbocycles. The molecule has 0 aliphatic carbocycles. The van der Waals surface area contributed by atoms with Gasteiger partial charge in [0.25, 0.3) is 5.56 Å². The molecule has 0 aliphatic rings. The SMILES string of the molecule is COC(=O)C(C)n1cc(N)cc(Br)c1=O. The van der Waals surface area contributed by atoms with Gasteiger partial charge in [-0.2, -0.15) is 0 Å². The van der Waals surface area contributed by atoms with E-state index in [1.54, 1.807) is 6.92 Å². The Morgan fingerprint density at radius 1 is 1.67 bits per heavy atom. The predicted molar refractivity (Wildman–Crippen MR) is 59.5 cm³/mol. The molecule has 1 rings (SSSR count). The van der Waals surface area contributed by atoms with Crippen molar-refractivity contribution in [1.82, 2.24) is 4.57 Å². The second kappa shape index (κ2) is 4.48. The van der Waals surface area contributed by atoms with Crippen molar-refractivity contribution >= 4 is 27.6 Å². The zero-order valence-electron chi connectivity index (χ0n) is 8.36. The van der Waals surface area contributed by atoms with Gasteiger partial charge in [0.15, 0.2) is 0 Å². The van der Waals surface area contributed by atoms with Gasteiger partial charge in [0.05, 0.1) is 11.6 Å². The quantitative estimate of drug-likeness (QED) is 0.815. The summed E-state index contributed by atoms with van der Waals surface area (Å²) in [4.78, 5) is 22.9. The van der Waals surface area contributed by atoms with E-state index in [-0.39, 0.29) is 5.56 Å². The van der Waals surface area contributed by atoms with E-state index >= 15 is 0 Å². The summed E-state index contributed by atoms with van der Waals surface area (Å²) in [5, 5.41) is 0. The summed E-state index contributed by atoms with van der Waals surface area (Å²) in [5.74, 6) is -0.491. The number of carbonyl (C=O) groups excluding carboxylic acids is 1. The van der Waals surface area contributed by atoms with Gasteiger partial charge in [-0.25, -0.2) is 4.79 Å². The molecule has 0 amide bonds. The number of nitrogens with zero attached hydrogens (tertiary/aromatic N) is 1. The van der Waals surface area contributed by atoms with Crippen LogP contribution in [0.5, 0.6) is 0 Å². The number of aromatic nitrogens is 1. The van der Waals surface area contributed by atoms with Crippen LogP contribution in [-0.2, 0) is 9.53 Å². The lowest BCUT2D eigenvalue weighted by atomic mass is 10.3. The van der Waals surface area contributed by atoms with E-state index in [1.807, 2.05) is 0 Å². The summed E-state index contributed by atoms with van der Waals surface area (Å²) >= 11 is 3.07. The molecule has 1 aromatic heterocycles. The molecule has 1 heterocycles. The van der Waals surface area contributed by atoms with Gasteiger partial charge in [0.1, 0.15) is 6.04 Å². The Balaban J connectivity index is 3.25. The van der Waals surface area contributed by atoms with Crippen LogP contribution in [0.1, 0.15) is 13.0 Å². The van der Waals surface area contributed by atoms with E-state index in [9.17, 15) is 9.59 Å². The fraction of sp³-hybridized carbons (Fsp3) is 0.333. The summed E-state index contributed by atoms with van der Waals surface area (Å²) in [6.45, 7) is 1.57. The zero-order chi connectivity index (χ0) is 11.6. The summed E-state index contributed by atoms with van der Waals surface area (Å²) in [6, 6.07) is 0.797. The van der Waals surface area contributed by atoms with Crippen molar-refractivity contribution < 1.29 is 9.53 Å². The molecule has 0 aliphatic heterocycles. The van der Waals surface area contributed by atoms with Crippen molar-refractivity contribution in [3.63, 3.8) is 0 Å². The zero-order valence-corrected chi connectivity index (χ0v) is 9.95. The van der Waals surface area contributed by atoms with E-state index in [2.05, 4.69) is 20.7 Å². The first-order chi connectivity index (χ1) is 6.97. The minimum atomic E-state index is -0.692. The first-order valence-electron chi connectivity index (χ1n) is 4.22. The van der Waals surface area contributed by atoms with Crippen molar-refractivity contribution in [1.29, 1.82) is 0 Å². The van der Waals surface area contributed by atoms with Gasteiger partial charge in [0, 0.05) is 11.9 Å². The van der Waals surface area contributed by atoms with Gasteiger partial charge in [-0.05, 0) is 28.9 Å². The minimum absolute atomic E-state index is 0.317. The van der Waals surface area contributed by atoms with Crippen LogP contribution in [0.3, 0.4) is 0 Å². The molecule has 0 fully saturated rings. The highest BCUT2D eigenvalue weighted by Gasteiger charge is 2.17. The van der Waals surface area contributed by atoms with Gasteiger partial charge >= 0.3 is 5.97 Å². The van der Waals surface area contributed by atoms with Crippen molar-refractivity contribution in [2.45, 2.75) is 13.0 Å². The first kappa shape index (κ1) is 11.8. The highest BCUT2D eigenvalue weighted by molar-refractivity contribution is 9.10. The number of esters is 1. The minimum Gasteiger partial charge on any atom is -0.467 e. The number of pyridine rings is 1. The molecule has 5 nitrogen and oxygen atoms in total. The Morgan fingerprint density at radius 2 is 2.27 bits per heavy atom. The van der Waals surface area contributed by atoms with Crippen LogP contribution >= 0.6 is 15.9 Å². The molecule has 2 N–H and O–H groups in total. The van der Waals surface area contributed by atoms with Crippen molar-refractivity contribution in [3.8, 4) is 0 Å². The Bertz CT molecular complexity index is 441. The Morgan fingerprint density at radius 3 is 2.80 bits per heavy atom. The first-order valence-corrected chi connectivity index (χ1v) is 5.01. The molecule has 6 heteroatoms. The molecule has 1 atom stereocenters. The van der Waals surface area contributed by atoms with Crippen molar-refractivity contribution in [2.24, 2.45) is 0 Å².